The quantitative estimate of drug-likeness (QED) is 0.253. The highest BCUT2D eigenvalue weighted by Gasteiger charge is 2.27. The number of carbonyl (C=O) groups is 1. The number of nitrogens with one attached hydrogen (secondary N) is 1. The molecule has 8 nitrogen and oxygen atoms in total. The van der Waals surface area contributed by atoms with E-state index >= 15 is 0 Å². The topological polar surface area (TPSA) is 85.2 Å². The van der Waals surface area contributed by atoms with Crippen LogP contribution in [0.2, 0.25) is 0 Å². The minimum atomic E-state index is -0.346. The summed E-state index contributed by atoms with van der Waals surface area (Å²) in [6.45, 7) is 3.61. The van der Waals surface area contributed by atoms with Gasteiger partial charge in [0.1, 0.15) is 17.2 Å². The van der Waals surface area contributed by atoms with Crippen molar-refractivity contribution in [1.82, 2.24) is 14.8 Å². The van der Waals surface area contributed by atoms with Crippen molar-refractivity contribution in [2.24, 2.45) is 5.16 Å². The normalized spacial score (nSPS) is 19.6. The van der Waals surface area contributed by atoms with Crippen molar-refractivity contribution in [1.29, 1.82) is 0 Å². The second-order valence-corrected chi connectivity index (χ2v) is 12.3. The molecule has 0 bridgehead atoms. The molecule has 0 spiro atoms. The van der Waals surface area contributed by atoms with Crippen molar-refractivity contribution in [3.63, 3.8) is 0 Å². The van der Waals surface area contributed by atoms with Crippen LogP contribution in [0.4, 0.5) is 0 Å². The SMILES string of the molecule is CC1CC(CSc2cc3c4c(c2)c(=O)c(C(=O)NCCC2CCCN2C)cn4-c2cc4ccccc4cc2O3)=NO1. The van der Waals surface area contributed by atoms with Gasteiger partial charge in [-0.3, -0.25) is 9.59 Å². The first-order valence-corrected chi connectivity index (χ1v) is 15.2. The van der Waals surface area contributed by atoms with E-state index in [1.165, 1.54) is 6.42 Å². The van der Waals surface area contributed by atoms with Crippen molar-refractivity contribution < 1.29 is 14.4 Å². The molecule has 2 atom stereocenters. The Morgan fingerprint density at radius 3 is 2.73 bits per heavy atom. The maximum absolute atomic E-state index is 13.9. The molecule has 4 heterocycles. The van der Waals surface area contributed by atoms with Crippen molar-refractivity contribution in [2.45, 2.75) is 49.6 Å². The number of carbonyl (C=O) groups excluding carboxylic acids is 1. The predicted molar refractivity (Wildman–Crippen MR) is 163 cm³/mol. The first-order chi connectivity index (χ1) is 19.9. The van der Waals surface area contributed by atoms with E-state index in [-0.39, 0.29) is 23.0 Å². The molecule has 1 fully saturated rings. The summed E-state index contributed by atoms with van der Waals surface area (Å²) in [4.78, 5) is 35.9. The van der Waals surface area contributed by atoms with E-state index < -0.39 is 0 Å². The largest absolute Gasteiger partial charge is 0.453 e. The molecular weight excluding hydrogens is 536 g/mol. The number of hydrogen-bond acceptors (Lipinski definition) is 7. The van der Waals surface area contributed by atoms with Gasteiger partial charge in [-0.1, -0.05) is 29.4 Å². The van der Waals surface area contributed by atoms with Crippen molar-refractivity contribution in [3.8, 4) is 17.2 Å². The highest BCUT2D eigenvalue weighted by Crippen LogP contribution is 2.43. The summed E-state index contributed by atoms with van der Waals surface area (Å²) in [7, 11) is 2.13. The zero-order valence-corrected chi connectivity index (χ0v) is 24.0. The Labute approximate surface area is 242 Å². The zero-order valence-electron chi connectivity index (χ0n) is 23.2. The Hall–Kier alpha value is -3.82. The maximum atomic E-state index is 13.9. The van der Waals surface area contributed by atoms with E-state index in [9.17, 15) is 9.59 Å². The molecule has 2 unspecified atom stereocenters. The average molecular weight is 569 g/mol. The lowest BCUT2D eigenvalue weighted by Crippen LogP contribution is -2.34. The Bertz CT molecular complexity index is 1780. The molecule has 1 saturated heterocycles. The molecule has 9 heteroatoms. The van der Waals surface area contributed by atoms with Gasteiger partial charge in [-0.15, -0.1) is 11.8 Å². The third-order valence-corrected chi connectivity index (χ3v) is 9.36. The summed E-state index contributed by atoms with van der Waals surface area (Å²) >= 11 is 1.58. The monoisotopic (exact) mass is 568 g/mol. The number of hydrogen-bond donors (Lipinski definition) is 1. The highest BCUT2D eigenvalue weighted by atomic mass is 32.2. The molecule has 0 radical (unpaired) electrons. The van der Waals surface area contributed by atoms with E-state index in [0.29, 0.717) is 40.7 Å². The molecule has 0 aliphatic carbocycles. The van der Waals surface area contributed by atoms with Crippen LogP contribution < -0.4 is 15.5 Å². The van der Waals surface area contributed by atoms with Gasteiger partial charge in [0, 0.05) is 35.9 Å². The van der Waals surface area contributed by atoms with Gasteiger partial charge in [-0.2, -0.15) is 0 Å². The second-order valence-electron chi connectivity index (χ2n) is 11.2. The molecular formula is C32H32N4O4S. The van der Waals surface area contributed by atoms with Gasteiger partial charge in [0.25, 0.3) is 5.91 Å². The number of aromatic nitrogens is 1. The van der Waals surface area contributed by atoms with Crippen LogP contribution in [0.25, 0.3) is 27.4 Å². The molecule has 1 aromatic heterocycles. The van der Waals surface area contributed by atoms with Gasteiger partial charge in [0.2, 0.25) is 5.43 Å². The van der Waals surface area contributed by atoms with Crippen LogP contribution in [0.15, 0.2) is 69.6 Å². The molecule has 0 saturated carbocycles. The van der Waals surface area contributed by atoms with E-state index in [1.54, 1.807) is 18.0 Å². The van der Waals surface area contributed by atoms with Crippen LogP contribution in [0.3, 0.4) is 0 Å². The number of likely N-dealkylation sites (tertiary alicyclic amines) is 1. The Kier molecular flexibility index (Phi) is 6.71. The molecule has 7 rings (SSSR count). The van der Waals surface area contributed by atoms with E-state index in [2.05, 4.69) is 34.6 Å². The standard InChI is InChI=1S/C32H32N4O4S/c1-19-12-22(34-40-19)18-41-24-15-25-30-29(16-24)39-28-14-21-7-4-3-6-20(21)13-27(28)36(30)17-26(31(25)37)32(38)33-10-9-23-8-5-11-35(23)2/h3-4,6-7,13-17,19,23H,5,8-12,18H2,1-2H3,(H,33,38). The van der Waals surface area contributed by atoms with Crippen molar-refractivity contribution in [2.75, 3.05) is 25.9 Å². The fourth-order valence-corrected chi connectivity index (χ4v) is 7.02. The summed E-state index contributed by atoms with van der Waals surface area (Å²) in [5.41, 5.74) is 2.29. The van der Waals surface area contributed by atoms with Gasteiger partial charge < -0.3 is 24.4 Å². The number of pyridine rings is 1. The summed E-state index contributed by atoms with van der Waals surface area (Å²) in [6.07, 6.45) is 5.74. The lowest BCUT2D eigenvalue weighted by atomic mass is 10.0. The second kappa shape index (κ2) is 10.5. The first kappa shape index (κ1) is 26.1. The minimum Gasteiger partial charge on any atom is -0.453 e. The fourth-order valence-electron chi connectivity index (χ4n) is 6.12. The van der Waals surface area contributed by atoms with Crippen LogP contribution in [0, 0.1) is 0 Å². The van der Waals surface area contributed by atoms with Gasteiger partial charge in [0.15, 0.2) is 11.5 Å². The van der Waals surface area contributed by atoms with Crippen molar-refractivity contribution >= 4 is 45.1 Å². The van der Waals surface area contributed by atoms with E-state index in [4.69, 9.17) is 9.57 Å². The average Bonchev–Trinajstić information content (AvgIpc) is 3.59. The van der Waals surface area contributed by atoms with Gasteiger partial charge in [0.05, 0.1) is 16.8 Å². The van der Waals surface area contributed by atoms with Gasteiger partial charge >= 0.3 is 0 Å². The Balaban J connectivity index is 1.29. The smallest absolute Gasteiger partial charge is 0.256 e. The third-order valence-electron chi connectivity index (χ3n) is 8.31. The Morgan fingerprint density at radius 2 is 1.98 bits per heavy atom. The maximum Gasteiger partial charge on any atom is 0.256 e. The summed E-state index contributed by atoms with van der Waals surface area (Å²) in [6, 6.07) is 16.5. The third kappa shape index (κ3) is 4.87. The number of fused-ring (bicyclic) bond motifs is 3. The highest BCUT2D eigenvalue weighted by molar-refractivity contribution is 8.00. The number of benzene rings is 3. The lowest BCUT2D eigenvalue weighted by molar-refractivity contribution is 0.0948. The number of nitrogens with zero attached hydrogens (tertiary/aromatic N) is 3. The number of ether oxygens (including phenoxy) is 1. The van der Waals surface area contributed by atoms with Crippen LogP contribution in [-0.2, 0) is 4.84 Å². The van der Waals surface area contributed by atoms with E-state index in [0.717, 1.165) is 52.9 Å². The van der Waals surface area contributed by atoms with E-state index in [1.807, 2.05) is 47.9 Å². The van der Waals surface area contributed by atoms with Crippen molar-refractivity contribution in [3.05, 3.63) is 70.5 Å². The van der Waals surface area contributed by atoms with Gasteiger partial charge in [-0.25, -0.2) is 0 Å². The zero-order chi connectivity index (χ0) is 28.1. The molecule has 4 aromatic rings. The first-order valence-electron chi connectivity index (χ1n) is 14.2. The molecule has 1 amide bonds. The van der Waals surface area contributed by atoms with Crippen LogP contribution in [-0.4, -0.2) is 59.1 Å². The molecule has 3 aliphatic heterocycles. The number of rotatable bonds is 7. The molecule has 41 heavy (non-hydrogen) atoms. The number of oxime groups is 1. The van der Waals surface area contributed by atoms with Crippen LogP contribution >= 0.6 is 11.8 Å². The summed E-state index contributed by atoms with van der Waals surface area (Å²) < 4.78 is 8.39. The van der Waals surface area contributed by atoms with Gasteiger partial charge in [-0.05, 0) is 74.8 Å². The minimum absolute atomic E-state index is 0.0837. The Morgan fingerprint density at radius 1 is 1.15 bits per heavy atom. The van der Waals surface area contributed by atoms with Crippen LogP contribution in [0.5, 0.6) is 11.5 Å². The lowest BCUT2D eigenvalue weighted by Gasteiger charge is -2.25. The van der Waals surface area contributed by atoms with Crippen LogP contribution in [0.1, 0.15) is 43.0 Å². The molecule has 210 valence electrons. The molecule has 3 aromatic carbocycles. The molecule has 1 N–H and O–H groups in total. The predicted octanol–water partition coefficient (Wildman–Crippen LogP) is 5.72. The summed E-state index contributed by atoms with van der Waals surface area (Å²) in [5, 5.41) is 9.78. The number of thioether (sulfide) groups is 1. The molecule has 3 aliphatic rings. The summed E-state index contributed by atoms with van der Waals surface area (Å²) in [5.74, 6) is 1.59. The number of amides is 1. The fraction of sp³-hybridized carbons (Fsp3) is 0.344.